The van der Waals surface area contributed by atoms with Crippen LogP contribution < -0.4 is 5.32 Å². The average Bonchev–Trinajstić information content (AvgIpc) is 2.75. The average molecular weight is 451 g/mol. The zero-order valence-corrected chi connectivity index (χ0v) is 19.1. The van der Waals surface area contributed by atoms with Crippen molar-refractivity contribution in [1.82, 2.24) is 10.2 Å². The topological polar surface area (TPSA) is 15.3 Å². The smallest absolute Gasteiger partial charge is 0.0636 e. The second-order valence-corrected chi connectivity index (χ2v) is 10.4. The van der Waals surface area contributed by atoms with Gasteiger partial charge in [0.05, 0.1) is 6.04 Å². The van der Waals surface area contributed by atoms with Gasteiger partial charge in [0.2, 0.25) is 0 Å². The van der Waals surface area contributed by atoms with E-state index in [1.807, 2.05) is 24.3 Å². The third-order valence-corrected chi connectivity index (χ3v) is 9.07. The van der Waals surface area contributed by atoms with E-state index in [1.165, 1.54) is 30.4 Å². The molecular weight excluding hydrogens is 423 g/mol. The summed E-state index contributed by atoms with van der Waals surface area (Å²) in [5, 5.41) is 5.48. The molecule has 0 aromatic heterocycles. The van der Waals surface area contributed by atoms with Crippen molar-refractivity contribution in [3.05, 3.63) is 94.0 Å². The highest BCUT2D eigenvalue weighted by atomic mass is 35.5. The Morgan fingerprint density at radius 1 is 0.968 bits per heavy atom. The molecule has 2 nitrogen and oxygen atoms in total. The lowest BCUT2D eigenvalue weighted by Crippen LogP contribution is -2.86. The Balaban J connectivity index is 1.26. The summed E-state index contributed by atoms with van der Waals surface area (Å²) < 4.78 is 0. The lowest BCUT2D eigenvalue weighted by Gasteiger charge is -2.81. The van der Waals surface area contributed by atoms with Crippen molar-refractivity contribution in [2.75, 3.05) is 6.54 Å². The Labute approximate surface area is 194 Å². The maximum absolute atomic E-state index is 6.72. The molecule has 0 amide bonds. The molecule has 2 saturated carbocycles. The maximum Gasteiger partial charge on any atom is 0.0636 e. The van der Waals surface area contributed by atoms with Gasteiger partial charge in [-0.1, -0.05) is 83.9 Å². The quantitative estimate of drug-likeness (QED) is 0.546. The van der Waals surface area contributed by atoms with E-state index in [2.05, 4.69) is 58.8 Å². The highest BCUT2D eigenvalue weighted by Gasteiger charge is 2.75. The lowest BCUT2D eigenvalue weighted by atomic mass is 9.37. The number of nitrogens with one attached hydrogen (secondary N) is 1. The van der Waals surface area contributed by atoms with Crippen LogP contribution in [0.4, 0.5) is 0 Å². The normalized spacial score (nSPS) is 33.3. The Morgan fingerprint density at radius 2 is 1.68 bits per heavy atom. The first-order chi connectivity index (χ1) is 15.2. The van der Waals surface area contributed by atoms with E-state index in [4.69, 9.17) is 23.2 Å². The summed E-state index contributed by atoms with van der Waals surface area (Å²) in [6.45, 7) is 1.13. The summed E-state index contributed by atoms with van der Waals surface area (Å²) in [4.78, 5) is 2.74. The minimum absolute atomic E-state index is 0.131. The van der Waals surface area contributed by atoms with Gasteiger partial charge in [-0.25, -0.2) is 0 Å². The standard InChI is InChI=1S/C27H28Cl2N2/c28-22-12-6-4-10-20(22)26(21-11-5-7-13-23(21)29)31-24-14-15-27(24)18(16-25(27)31)17-30-19-8-2-1-3-9-19/h1-8,10-13,18-19,24-26,30H,9,14-17H2. The van der Waals surface area contributed by atoms with E-state index in [1.54, 1.807) is 0 Å². The maximum atomic E-state index is 6.72. The molecule has 1 N–H and O–H groups in total. The molecule has 2 aromatic rings. The molecule has 0 bridgehead atoms. The third-order valence-electron chi connectivity index (χ3n) is 8.38. The molecule has 4 aliphatic rings. The summed E-state index contributed by atoms with van der Waals surface area (Å²) in [6.07, 6.45) is 13.9. The first-order valence-corrected chi connectivity index (χ1v) is 12.3. The second-order valence-electron chi connectivity index (χ2n) is 9.57. The molecule has 3 fully saturated rings. The molecular formula is C27H28Cl2N2. The van der Waals surface area contributed by atoms with Gasteiger partial charge in [-0.2, -0.15) is 0 Å². The van der Waals surface area contributed by atoms with Crippen molar-refractivity contribution < 1.29 is 0 Å². The Kier molecular flexibility index (Phi) is 5.03. The van der Waals surface area contributed by atoms with Crippen LogP contribution in [-0.2, 0) is 0 Å². The van der Waals surface area contributed by atoms with Crippen LogP contribution in [0.2, 0.25) is 10.0 Å². The van der Waals surface area contributed by atoms with Gasteiger partial charge < -0.3 is 5.32 Å². The van der Waals surface area contributed by atoms with Gasteiger partial charge in [0.1, 0.15) is 0 Å². The largest absolute Gasteiger partial charge is 0.310 e. The summed E-state index contributed by atoms with van der Waals surface area (Å²) in [5.74, 6) is 0.782. The zero-order valence-electron chi connectivity index (χ0n) is 17.6. The van der Waals surface area contributed by atoms with Gasteiger partial charge >= 0.3 is 0 Å². The third kappa shape index (κ3) is 2.99. The highest BCUT2D eigenvalue weighted by molar-refractivity contribution is 6.32. The molecule has 1 spiro atoms. The van der Waals surface area contributed by atoms with E-state index in [0.717, 1.165) is 28.9 Å². The Bertz CT molecular complexity index is 994. The van der Waals surface area contributed by atoms with Crippen LogP contribution in [0.3, 0.4) is 0 Å². The van der Waals surface area contributed by atoms with Crippen LogP contribution in [0.25, 0.3) is 0 Å². The van der Waals surface area contributed by atoms with Gasteiger partial charge in [0.15, 0.2) is 0 Å². The summed E-state index contributed by atoms with van der Waals surface area (Å²) in [6, 6.07) is 18.5. The Morgan fingerprint density at radius 3 is 2.23 bits per heavy atom. The van der Waals surface area contributed by atoms with E-state index in [-0.39, 0.29) is 6.04 Å². The number of piperidine rings is 2. The molecule has 0 radical (unpaired) electrons. The van der Waals surface area contributed by atoms with E-state index in [0.29, 0.717) is 23.5 Å². The van der Waals surface area contributed by atoms with E-state index in [9.17, 15) is 0 Å². The second kappa shape index (κ2) is 7.78. The Hall–Kier alpha value is -1.58. The molecule has 2 aromatic carbocycles. The van der Waals surface area contributed by atoms with Crippen LogP contribution >= 0.6 is 23.2 Å². The van der Waals surface area contributed by atoms with Crippen LogP contribution in [0.1, 0.15) is 42.9 Å². The molecule has 1 aliphatic heterocycles. The fraction of sp³-hybridized carbons (Fsp3) is 0.407. The minimum Gasteiger partial charge on any atom is -0.310 e. The number of allylic oxidation sites excluding steroid dienone is 2. The molecule has 5 unspecified atom stereocenters. The number of likely N-dealkylation sites (tertiary alicyclic amines) is 1. The first kappa shape index (κ1) is 20.1. The lowest BCUT2D eigenvalue weighted by molar-refractivity contribution is -0.310. The molecule has 6 rings (SSSR count). The summed E-state index contributed by atoms with van der Waals surface area (Å²) in [7, 11) is 0. The minimum atomic E-state index is 0.131. The number of benzene rings is 2. The van der Waals surface area contributed by atoms with Crippen molar-refractivity contribution in [2.24, 2.45) is 11.3 Å². The van der Waals surface area contributed by atoms with Gasteiger partial charge in [-0.15, -0.1) is 0 Å². The molecule has 3 aliphatic carbocycles. The van der Waals surface area contributed by atoms with Crippen LogP contribution in [0.15, 0.2) is 72.8 Å². The van der Waals surface area contributed by atoms with Crippen molar-refractivity contribution >= 4 is 23.2 Å². The first-order valence-electron chi connectivity index (χ1n) is 11.5. The van der Waals surface area contributed by atoms with E-state index >= 15 is 0 Å². The van der Waals surface area contributed by atoms with Crippen molar-refractivity contribution in [3.63, 3.8) is 0 Å². The van der Waals surface area contributed by atoms with Gasteiger partial charge in [-0.05, 0) is 61.4 Å². The molecule has 1 saturated heterocycles. The van der Waals surface area contributed by atoms with E-state index < -0.39 is 0 Å². The van der Waals surface area contributed by atoms with Gasteiger partial charge in [-0.3, -0.25) is 4.90 Å². The van der Waals surface area contributed by atoms with Crippen molar-refractivity contribution in [3.8, 4) is 0 Å². The number of halogens is 2. The number of hydrogen-bond donors (Lipinski definition) is 1. The van der Waals surface area contributed by atoms with Gasteiger partial charge in [0.25, 0.3) is 0 Å². The van der Waals surface area contributed by atoms with Crippen LogP contribution in [0, 0.1) is 11.3 Å². The zero-order chi connectivity index (χ0) is 21.0. The molecule has 4 heteroatoms. The van der Waals surface area contributed by atoms with Gasteiger partial charge in [0, 0.05) is 33.6 Å². The number of hydrogen-bond acceptors (Lipinski definition) is 2. The SMILES string of the molecule is Clc1ccccc1C(c1ccccc1Cl)N1C2CCC23C(CNC2C=CC=CC2)CC13. The highest BCUT2D eigenvalue weighted by Crippen LogP contribution is 2.73. The number of nitrogens with zero attached hydrogens (tertiary/aromatic N) is 1. The van der Waals surface area contributed by atoms with Crippen molar-refractivity contribution in [1.29, 1.82) is 0 Å². The monoisotopic (exact) mass is 450 g/mol. The van der Waals surface area contributed by atoms with Crippen molar-refractivity contribution in [2.45, 2.75) is 49.9 Å². The number of rotatable bonds is 6. The van der Waals surface area contributed by atoms with Crippen LogP contribution in [-0.4, -0.2) is 29.6 Å². The molecule has 160 valence electrons. The fourth-order valence-electron chi connectivity index (χ4n) is 6.79. The summed E-state index contributed by atoms with van der Waals surface area (Å²) >= 11 is 13.4. The molecule has 1 heterocycles. The molecule has 5 atom stereocenters. The predicted molar refractivity (Wildman–Crippen MR) is 129 cm³/mol. The fourth-order valence-corrected chi connectivity index (χ4v) is 7.27. The summed E-state index contributed by atoms with van der Waals surface area (Å²) in [5.41, 5.74) is 2.86. The van der Waals surface area contributed by atoms with Crippen LogP contribution in [0.5, 0.6) is 0 Å². The molecule has 31 heavy (non-hydrogen) atoms. The predicted octanol–water partition coefficient (Wildman–Crippen LogP) is 6.41.